The van der Waals surface area contributed by atoms with Gasteiger partial charge in [0.1, 0.15) is 18.4 Å². The van der Waals surface area contributed by atoms with Crippen molar-refractivity contribution in [3.05, 3.63) is 101 Å². The van der Waals surface area contributed by atoms with Crippen molar-refractivity contribution in [3.63, 3.8) is 0 Å². The van der Waals surface area contributed by atoms with E-state index in [0.717, 1.165) is 29.0 Å². The predicted octanol–water partition coefficient (Wildman–Crippen LogP) is 4.80. The van der Waals surface area contributed by atoms with Crippen LogP contribution in [0.25, 0.3) is 0 Å². The number of para-hydroxylation sites is 1. The fraction of sp³-hybridized carbons (Fsp3) is 0.310. The molecule has 1 unspecified atom stereocenters. The number of carbonyl (C=O) groups is 2. The summed E-state index contributed by atoms with van der Waals surface area (Å²) < 4.78 is 41.2. The molecule has 10 heteroatoms. The monoisotopic (exact) mass is 573 g/mol. The molecule has 39 heavy (non-hydrogen) atoms. The van der Waals surface area contributed by atoms with Crippen molar-refractivity contribution in [2.45, 2.75) is 38.8 Å². The SMILES string of the molecule is CCCCNC(=O)C(Cc1ccccc1)N(Cc1ccccc1F)C(=O)CN(c1ccccc1Cl)S(C)(=O)=O. The van der Waals surface area contributed by atoms with Crippen LogP contribution in [0.5, 0.6) is 0 Å². The van der Waals surface area contributed by atoms with Gasteiger partial charge in [-0.25, -0.2) is 12.8 Å². The first-order valence-corrected chi connectivity index (χ1v) is 14.9. The quantitative estimate of drug-likeness (QED) is 0.298. The summed E-state index contributed by atoms with van der Waals surface area (Å²) >= 11 is 6.29. The van der Waals surface area contributed by atoms with Crippen LogP contribution >= 0.6 is 11.6 Å². The van der Waals surface area contributed by atoms with Gasteiger partial charge < -0.3 is 10.2 Å². The lowest BCUT2D eigenvalue weighted by Crippen LogP contribution is -2.53. The predicted molar refractivity (Wildman–Crippen MR) is 152 cm³/mol. The molecule has 0 radical (unpaired) electrons. The highest BCUT2D eigenvalue weighted by molar-refractivity contribution is 7.92. The second kappa shape index (κ2) is 14.1. The normalized spacial score (nSPS) is 12.0. The standard InChI is InChI=1S/C29H33ClFN3O4S/c1-3-4-18-32-29(36)27(19-22-12-6-5-7-13-22)33(20-23-14-8-10-16-25(23)31)28(35)21-34(39(2,37)38)26-17-11-9-15-24(26)30/h5-17,27H,3-4,18-21H2,1-2H3,(H,32,36). The van der Waals surface area contributed by atoms with Gasteiger partial charge in [0.25, 0.3) is 0 Å². The summed E-state index contributed by atoms with van der Waals surface area (Å²) in [6.07, 6.45) is 2.75. The van der Waals surface area contributed by atoms with Gasteiger partial charge in [0.2, 0.25) is 21.8 Å². The molecule has 3 rings (SSSR count). The van der Waals surface area contributed by atoms with Crippen LogP contribution < -0.4 is 9.62 Å². The van der Waals surface area contributed by atoms with E-state index < -0.39 is 40.2 Å². The Morgan fingerprint density at radius 3 is 2.26 bits per heavy atom. The number of anilines is 1. The third-order valence-electron chi connectivity index (χ3n) is 6.20. The number of rotatable bonds is 13. The zero-order chi connectivity index (χ0) is 28.4. The van der Waals surface area contributed by atoms with Crippen molar-refractivity contribution in [3.8, 4) is 0 Å². The Kier molecular flexibility index (Phi) is 10.9. The minimum Gasteiger partial charge on any atom is -0.354 e. The van der Waals surface area contributed by atoms with Crippen molar-refractivity contribution in [1.82, 2.24) is 10.2 Å². The van der Waals surface area contributed by atoms with E-state index in [4.69, 9.17) is 11.6 Å². The molecule has 7 nitrogen and oxygen atoms in total. The number of hydrogen-bond acceptors (Lipinski definition) is 4. The highest BCUT2D eigenvalue weighted by Gasteiger charge is 2.33. The van der Waals surface area contributed by atoms with E-state index in [0.29, 0.717) is 6.54 Å². The zero-order valence-electron chi connectivity index (χ0n) is 22.0. The Hall–Kier alpha value is -3.43. The number of sulfonamides is 1. The van der Waals surface area contributed by atoms with Crippen LogP contribution in [-0.4, -0.2) is 50.5 Å². The minimum absolute atomic E-state index is 0.132. The van der Waals surface area contributed by atoms with Gasteiger partial charge >= 0.3 is 0 Å². The van der Waals surface area contributed by atoms with E-state index in [1.165, 1.54) is 35.2 Å². The van der Waals surface area contributed by atoms with Crippen LogP contribution in [0, 0.1) is 5.82 Å². The third-order valence-corrected chi connectivity index (χ3v) is 7.65. The molecule has 0 heterocycles. The second-order valence-electron chi connectivity index (χ2n) is 9.18. The Morgan fingerprint density at radius 1 is 0.974 bits per heavy atom. The number of amides is 2. The molecule has 1 N–H and O–H groups in total. The topological polar surface area (TPSA) is 86.8 Å². The van der Waals surface area contributed by atoms with Gasteiger partial charge in [-0.05, 0) is 30.2 Å². The van der Waals surface area contributed by atoms with Crippen molar-refractivity contribution >= 4 is 39.1 Å². The first kappa shape index (κ1) is 30.1. The number of carbonyl (C=O) groups excluding carboxylic acids is 2. The first-order chi connectivity index (χ1) is 18.6. The van der Waals surface area contributed by atoms with Crippen LogP contribution in [0.2, 0.25) is 5.02 Å². The molecular weight excluding hydrogens is 541 g/mol. The Bertz CT molecular complexity index is 1370. The van der Waals surface area contributed by atoms with E-state index in [9.17, 15) is 22.4 Å². The van der Waals surface area contributed by atoms with Crippen LogP contribution in [-0.2, 0) is 32.6 Å². The lowest BCUT2D eigenvalue weighted by molar-refractivity contribution is -0.140. The van der Waals surface area contributed by atoms with Gasteiger partial charge in [0, 0.05) is 25.1 Å². The molecule has 0 aliphatic rings. The lowest BCUT2D eigenvalue weighted by Gasteiger charge is -2.33. The summed E-state index contributed by atoms with van der Waals surface area (Å²) in [6.45, 7) is 1.56. The number of nitrogens with zero attached hydrogens (tertiary/aromatic N) is 2. The summed E-state index contributed by atoms with van der Waals surface area (Å²) in [5.41, 5.74) is 1.13. The van der Waals surface area contributed by atoms with Gasteiger partial charge in [-0.2, -0.15) is 0 Å². The van der Waals surface area contributed by atoms with Crippen LogP contribution in [0.1, 0.15) is 30.9 Å². The molecule has 0 saturated carbocycles. The molecule has 1 atom stereocenters. The molecule has 0 aliphatic heterocycles. The van der Waals surface area contributed by atoms with Crippen molar-refractivity contribution < 1.29 is 22.4 Å². The number of nitrogens with one attached hydrogen (secondary N) is 1. The Morgan fingerprint density at radius 2 is 1.62 bits per heavy atom. The van der Waals surface area contributed by atoms with E-state index in [1.54, 1.807) is 18.2 Å². The highest BCUT2D eigenvalue weighted by atomic mass is 35.5. The van der Waals surface area contributed by atoms with E-state index >= 15 is 0 Å². The number of benzene rings is 3. The van der Waals surface area contributed by atoms with Crippen molar-refractivity contribution in [1.29, 1.82) is 0 Å². The summed E-state index contributed by atoms with van der Waals surface area (Å²) in [6, 6.07) is 20.4. The van der Waals surface area contributed by atoms with E-state index in [2.05, 4.69) is 5.32 Å². The fourth-order valence-electron chi connectivity index (χ4n) is 4.12. The largest absolute Gasteiger partial charge is 0.354 e. The molecule has 0 aliphatic carbocycles. The number of hydrogen-bond donors (Lipinski definition) is 1. The molecule has 2 amide bonds. The Balaban J connectivity index is 2.05. The molecule has 0 fully saturated rings. The van der Waals surface area contributed by atoms with Gasteiger partial charge in [-0.15, -0.1) is 0 Å². The third kappa shape index (κ3) is 8.53. The molecule has 3 aromatic carbocycles. The molecule has 3 aromatic rings. The molecule has 0 saturated heterocycles. The maximum Gasteiger partial charge on any atom is 0.244 e. The van der Waals surface area contributed by atoms with Crippen molar-refractivity contribution in [2.24, 2.45) is 0 Å². The smallest absolute Gasteiger partial charge is 0.244 e. The van der Waals surface area contributed by atoms with Gasteiger partial charge in [0.05, 0.1) is 17.0 Å². The summed E-state index contributed by atoms with van der Waals surface area (Å²) in [4.78, 5) is 28.7. The zero-order valence-corrected chi connectivity index (χ0v) is 23.6. The fourth-order valence-corrected chi connectivity index (χ4v) is 5.27. The summed E-state index contributed by atoms with van der Waals surface area (Å²) in [5.74, 6) is -1.61. The summed E-state index contributed by atoms with van der Waals surface area (Å²) in [5, 5.41) is 3.03. The highest BCUT2D eigenvalue weighted by Crippen LogP contribution is 2.28. The summed E-state index contributed by atoms with van der Waals surface area (Å²) in [7, 11) is -3.95. The number of halogens is 2. The van der Waals surface area contributed by atoms with Crippen molar-refractivity contribution in [2.75, 3.05) is 23.7 Å². The second-order valence-corrected chi connectivity index (χ2v) is 11.5. The maximum absolute atomic E-state index is 14.8. The van der Waals surface area contributed by atoms with E-state index in [1.807, 2.05) is 37.3 Å². The molecule has 0 spiro atoms. The molecular formula is C29H33ClFN3O4S. The van der Waals surface area contributed by atoms with E-state index in [-0.39, 0.29) is 29.2 Å². The molecule has 0 aromatic heterocycles. The minimum atomic E-state index is -3.95. The molecule has 0 bridgehead atoms. The van der Waals surface area contributed by atoms with Gasteiger partial charge in [-0.1, -0.05) is 85.6 Å². The maximum atomic E-state index is 14.8. The van der Waals surface area contributed by atoms with Gasteiger partial charge in [0.15, 0.2) is 0 Å². The van der Waals surface area contributed by atoms with Gasteiger partial charge in [-0.3, -0.25) is 13.9 Å². The molecule has 208 valence electrons. The average molecular weight is 574 g/mol. The average Bonchev–Trinajstić information content (AvgIpc) is 2.90. The van der Waals surface area contributed by atoms with Crippen LogP contribution in [0.3, 0.4) is 0 Å². The Labute approximate surface area is 234 Å². The first-order valence-electron chi connectivity index (χ1n) is 12.7. The lowest BCUT2D eigenvalue weighted by atomic mass is 10.0. The van der Waals surface area contributed by atoms with Crippen LogP contribution in [0.4, 0.5) is 10.1 Å². The van der Waals surface area contributed by atoms with Crippen LogP contribution in [0.15, 0.2) is 78.9 Å². The number of unbranched alkanes of at least 4 members (excludes halogenated alkanes) is 1.